The molecule has 3 nitrogen and oxygen atoms in total. The van der Waals surface area contributed by atoms with Gasteiger partial charge in [-0.2, -0.15) is 0 Å². The van der Waals surface area contributed by atoms with Crippen molar-refractivity contribution in [2.45, 2.75) is 13.2 Å². The molecule has 20 heavy (non-hydrogen) atoms. The SMILES string of the molecule is COc1ccc(COCc2cccc(Cl)c2)c(OC)c1. The van der Waals surface area contributed by atoms with Gasteiger partial charge in [-0.25, -0.2) is 0 Å². The molecule has 0 spiro atoms. The molecule has 0 aliphatic heterocycles. The van der Waals surface area contributed by atoms with Crippen LogP contribution >= 0.6 is 11.6 Å². The lowest BCUT2D eigenvalue weighted by Crippen LogP contribution is -1.98. The standard InChI is InChI=1S/C16H17ClO3/c1-18-15-7-6-13(16(9-15)19-2)11-20-10-12-4-3-5-14(17)8-12/h3-9H,10-11H2,1-2H3. The maximum atomic E-state index is 5.93. The van der Waals surface area contributed by atoms with E-state index in [1.165, 1.54) is 0 Å². The van der Waals surface area contributed by atoms with Crippen LogP contribution in [0.1, 0.15) is 11.1 Å². The second kappa shape index (κ2) is 7.17. The highest BCUT2D eigenvalue weighted by Crippen LogP contribution is 2.25. The van der Waals surface area contributed by atoms with Gasteiger partial charge in [-0.3, -0.25) is 0 Å². The third kappa shape index (κ3) is 3.89. The van der Waals surface area contributed by atoms with Crippen molar-refractivity contribution in [3.8, 4) is 11.5 Å². The summed E-state index contributed by atoms with van der Waals surface area (Å²) in [6.45, 7) is 0.982. The highest BCUT2D eigenvalue weighted by molar-refractivity contribution is 6.30. The lowest BCUT2D eigenvalue weighted by atomic mass is 10.2. The van der Waals surface area contributed by atoms with Gasteiger partial charge in [-0.05, 0) is 29.8 Å². The van der Waals surface area contributed by atoms with Crippen LogP contribution in [0.2, 0.25) is 5.02 Å². The van der Waals surface area contributed by atoms with Gasteiger partial charge in [-0.1, -0.05) is 23.7 Å². The van der Waals surface area contributed by atoms with E-state index in [1.54, 1.807) is 14.2 Å². The van der Waals surface area contributed by atoms with E-state index < -0.39 is 0 Å². The molecule has 0 heterocycles. The molecule has 0 aromatic heterocycles. The quantitative estimate of drug-likeness (QED) is 0.803. The molecule has 2 rings (SSSR count). The average molecular weight is 293 g/mol. The first-order valence-corrected chi connectivity index (χ1v) is 6.64. The molecule has 2 aromatic rings. The van der Waals surface area contributed by atoms with Gasteiger partial charge in [0.1, 0.15) is 11.5 Å². The molecule has 0 radical (unpaired) electrons. The van der Waals surface area contributed by atoms with E-state index in [9.17, 15) is 0 Å². The Bertz CT molecular complexity index is 569. The van der Waals surface area contributed by atoms with Crippen LogP contribution in [0.4, 0.5) is 0 Å². The number of halogens is 1. The molecule has 0 atom stereocenters. The van der Waals surface area contributed by atoms with Crippen molar-refractivity contribution >= 4 is 11.6 Å². The Hall–Kier alpha value is -1.71. The summed E-state index contributed by atoms with van der Waals surface area (Å²) in [5, 5.41) is 0.716. The summed E-state index contributed by atoms with van der Waals surface area (Å²) in [5.41, 5.74) is 2.03. The number of rotatable bonds is 6. The van der Waals surface area contributed by atoms with Gasteiger partial charge in [-0.15, -0.1) is 0 Å². The molecular formula is C16H17ClO3. The van der Waals surface area contributed by atoms with E-state index in [0.29, 0.717) is 18.2 Å². The van der Waals surface area contributed by atoms with E-state index in [1.807, 2.05) is 42.5 Å². The van der Waals surface area contributed by atoms with Crippen LogP contribution in [0.3, 0.4) is 0 Å². The summed E-state index contributed by atoms with van der Waals surface area (Å²) in [7, 11) is 3.26. The lowest BCUT2D eigenvalue weighted by Gasteiger charge is -2.11. The first-order valence-electron chi connectivity index (χ1n) is 6.26. The van der Waals surface area contributed by atoms with Crippen molar-refractivity contribution in [1.29, 1.82) is 0 Å². The van der Waals surface area contributed by atoms with Gasteiger partial charge in [0.25, 0.3) is 0 Å². The van der Waals surface area contributed by atoms with Crippen molar-refractivity contribution in [1.82, 2.24) is 0 Å². The van der Waals surface area contributed by atoms with Gasteiger partial charge >= 0.3 is 0 Å². The lowest BCUT2D eigenvalue weighted by molar-refractivity contribution is 0.105. The van der Waals surface area contributed by atoms with Crippen molar-refractivity contribution in [2.24, 2.45) is 0 Å². The van der Waals surface area contributed by atoms with E-state index in [4.69, 9.17) is 25.8 Å². The molecule has 0 bridgehead atoms. The molecule has 106 valence electrons. The minimum Gasteiger partial charge on any atom is -0.497 e. The number of ether oxygens (including phenoxy) is 3. The van der Waals surface area contributed by atoms with Crippen molar-refractivity contribution in [3.05, 3.63) is 58.6 Å². The van der Waals surface area contributed by atoms with Crippen molar-refractivity contribution in [3.63, 3.8) is 0 Å². The van der Waals surface area contributed by atoms with Crippen LogP contribution in [0.15, 0.2) is 42.5 Å². The zero-order valence-electron chi connectivity index (χ0n) is 11.6. The van der Waals surface area contributed by atoms with E-state index >= 15 is 0 Å². The van der Waals surface area contributed by atoms with Gasteiger partial charge in [0.15, 0.2) is 0 Å². The third-order valence-electron chi connectivity index (χ3n) is 2.91. The summed E-state index contributed by atoms with van der Waals surface area (Å²) in [5.74, 6) is 1.52. The van der Waals surface area contributed by atoms with Crippen LogP contribution in [-0.2, 0) is 18.0 Å². The highest BCUT2D eigenvalue weighted by Gasteiger charge is 2.05. The van der Waals surface area contributed by atoms with E-state index in [0.717, 1.165) is 22.6 Å². The number of hydrogen-bond donors (Lipinski definition) is 0. The van der Waals surface area contributed by atoms with E-state index in [-0.39, 0.29) is 0 Å². The molecule has 0 unspecified atom stereocenters. The van der Waals surface area contributed by atoms with Gasteiger partial charge in [0, 0.05) is 16.7 Å². The Morgan fingerprint density at radius 3 is 2.50 bits per heavy atom. The number of hydrogen-bond acceptors (Lipinski definition) is 3. The minimum atomic E-state index is 0.472. The summed E-state index contributed by atoms with van der Waals surface area (Å²) in [6.07, 6.45) is 0. The van der Waals surface area contributed by atoms with Crippen LogP contribution in [-0.4, -0.2) is 14.2 Å². The molecule has 0 saturated heterocycles. The second-order valence-electron chi connectivity index (χ2n) is 4.30. The molecule has 0 N–H and O–H groups in total. The smallest absolute Gasteiger partial charge is 0.128 e. The molecule has 0 aliphatic rings. The summed E-state index contributed by atoms with van der Waals surface area (Å²) in [6, 6.07) is 13.3. The Balaban J connectivity index is 1.97. The summed E-state index contributed by atoms with van der Waals surface area (Å²) >= 11 is 5.93. The van der Waals surface area contributed by atoms with Gasteiger partial charge in [0.05, 0.1) is 27.4 Å². The number of benzene rings is 2. The zero-order chi connectivity index (χ0) is 14.4. The predicted molar refractivity (Wildman–Crippen MR) is 79.5 cm³/mol. The molecule has 4 heteroatoms. The van der Waals surface area contributed by atoms with Crippen molar-refractivity contribution < 1.29 is 14.2 Å². The highest BCUT2D eigenvalue weighted by atomic mass is 35.5. The average Bonchev–Trinajstić information content (AvgIpc) is 2.47. The van der Waals surface area contributed by atoms with Crippen LogP contribution in [0, 0.1) is 0 Å². The van der Waals surface area contributed by atoms with Crippen LogP contribution in [0.25, 0.3) is 0 Å². The maximum Gasteiger partial charge on any atom is 0.128 e. The number of methoxy groups -OCH3 is 2. The van der Waals surface area contributed by atoms with Crippen LogP contribution < -0.4 is 9.47 Å². The normalized spacial score (nSPS) is 10.3. The molecule has 0 aliphatic carbocycles. The fourth-order valence-corrected chi connectivity index (χ4v) is 2.09. The summed E-state index contributed by atoms with van der Waals surface area (Å²) < 4.78 is 16.2. The van der Waals surface area contributed by atoms with E-state index in [2.05, 4.69) is 0 Å². The second-order valence-corrected chi connectivity index (χ2v) is 4.74. The topological polar surface area (TPSA) is 27.7 Å². The van der Waals surface area contributed by atoms with Crippen LogP contribution in [0.5, 0.6) is 11.5 Å². The van der Waals surface area contributed by atoms with Crippen molar-refractivity contribution in [2.75, 3.05) is 14.2 Å². The minimum absolute atomic E-state index is 0.472. The molecule has 2 aromatic carbocycles. The molecule has 0 amide bonds. The Labute approximate surface area is 124 Å². The van der Waals surface area contributed by atoms with Gasteiger partial charge < -0.3 is 14.2 Å². The third-order valence-corrected chi connectivity index (χ3v) is 3.14. The summed E-state index contributed by atoms with van der Waals surface area (Å²) in [4.78, 5) is 0. The molecular weight excluding hydrogens is 276 g/mol. The Kier molecular flexibility index (Phi) is 5.27. The fraction of sp³-hybridized carbons (Fsp3) is 0.250. The molecule has 0 fully saturated rings. The largest absolute Gasteiger partial charge is 0.497 e. The first kappa shape index (κ1) is 14.7. The fourth-order valence-electron chi connectivity index (χ4n) is 1.88. The predicted octanol–water partition coefficient (Wildman–Crippen LogP) is 4.07. The van der Waals surface area contributed by atoms with Gasteiger partial charge in [0.2, 0.25) is 0 Å². The monoisotopic (exact) mass is 292 g/mol. The maximum absolute atomic E-state index is 5.93. The zero-order valence-corrected chi connectivity index (χ0v) is 12.3. The first-order chi connectivity index (χ1) is 9.72. The Morgan fingerprint density at radius 2 is 1.80 bits per heavy atom. The molecule has 0 saturated carbocycles. The Morgan fingerprint density at radius 1 is 0.950 bits per heavy atom.